The van der Waals surface area contributed by atoms with E-state index in [9.17, 15) is 4.79 Å². The number of fused-ring (bicyclic) bond motifs is 1. The van der Waals surface area contributed by atoms with E-state index in [1.165, 1.54) is 0 Å². The van der Waals surface area contributed by atoms with Crippen LogP contribution in [0.4, 0.5) is 11.6 Å². The van der Waals surface area contributed by atoms with E-state index in [2.05, 4.69) is 23.8 Å². The van der Waals surface area contributed by atoms with Gasteiger partial charge in [0.25, 0.3) is 5.56 Å². The number of nitrogens with two attached hydrogens (primary N) is 1. The Labute approximate surface area is 112 Å². The molecule has 2 aromatic rings. The fraction of sp³-hybridized carbons (Fsp3) is 0.429. The van der Waals surface area contributed by atoms with Crippen LogP contribution in [0.25, 0.3) is 10.9 Å². The summed E-state index contributed by atoms with van der Waals surface area (Å²) in [6.45, 7) is 4.26. The van der Waals surface area contributed by atoms with Crippen molar-refractivity contribution in [1.82, 2.24) is 9.97 Å². The monoisotopic (exact) mass is 260 g/mol. The normalized spacial score (nSPS) is 12.6. The molecule has 1 aromatic carbocycles. The Bertz CT molecular complexity index is 635. The molecular weight excluding hydrogens is 240 g/mol. The summed E-state index contributed by atoms with van der Waals surface area (Å²) in [6.07, 6.45) is 2.15. The first kappa shape index (κ1) is 13.4. The van der Waals surface area contributed by atoms with Crippen LogP contribution in [0.15, 0.2) is 23.0 Å². The molecule has 0 aliphatic carbocycles. The highest BCUT2D eigenvalue weighted by Crippen LogP contribution is 2.16. The van der Waals surface area contributed by atoms with Crippen molar-refractivity contribution in [2.75, 3.05) is 17.7 Å². The molecule has 5 nitrogen and oxygen atoms in total. The van der Waals surface area contributed by atoms with Crippen molar-refractivity contribution in [3.63, 3.8) is 0 Å². The number of hydrogen-bond acceptors (Lipinski definition) is 4. The standard InChI is InChI=1S/C14H20N4O/c1-4-5-9(2)18(3)14-16-12-7-6-10(15)8-11(12)13(19)17-14/h6-9H,4-5,15H2,1-3H3,(H,16,17,19). The van der Waals surface area contributed by atoms with Crippen LogP contribution in [-0.4, -0.2) is 23.1 Å². The summed E-state index contributed by atoms with van der Waals surface area (Å²) in [5.41, 5.74) is 6.78. The minimum absolute atomic E-state index is 0.150. The van der Waals surface area contributed by atoms with E-state index >= 15 is 0 Å². The highest BCUT2D eigenvalue weighted by atomic mass is 16.1. The number of rotatable bonds is 4. The molecule has 19 heavy (non-hydrogen) atoms. The average Bonchev–Trinajstić information content (AvgIpc) is 2.38. The molecule has 0 radical (unpaired) electrons. The molecule has 0 spiro atoms. The number of nitrogens with one attached hydrogen (secondary N) is 1. The maximum absolute atomic E-state index is 12.1. The number of benzene rings is 1. The third-order valence-corrected chi connectivity index (χ3v) is 3.42. The van der Waals surface area contributed by atoms with Crippen molar-refractivity contribution < 1.29 is 0 Å². The lowest BCUT2D eigenvalue weighted by atomic mass is 10.2. The molecule has 0 saturated carbocycles. The van der Waals surface area contributed by atoms with Crippen molar-refractivity contribution in [2.24, 2.45) is 0 Å². The summed E-state index contributed by atoms with van der Waals surface area (Å²) < 4.78 is 0. The molecule has 5 heteroatoms. The predicted molar refractivity (Wildman–Crippen MR) is 79.5 cm³/mol. The van der Waals surface area contributed by atoms with Crippen molar-refractivity contribution in [3.8, 4) is 0 Å². The number of aromatic nitrogens is 2. The minimum Gasteiger partial charge on any atom is -0.399 e. The Morgan fingerprint density at radius 3 is 2.89 bits per heavy atom. The molecule has 0 saturated heterocycles. The third-order valence-electron chi connectivity index (χ3n) is 3.42. The van der Waals surface area contributed by atoms with Gasteiger partial charge in [-0.15, -0.1) is 0 Å². The van der Waals surface area contributed by atoms with Crippen LogP contribution < -0.4 is 16.2 Å². The average molecular weight is 260 g/mol. The molecule has 0 fully saturated rings. The highest BCUT2D eigenvalue weighted by Gasteiger charge is 2.13. The highest BCUT2D eigenvalue weighted by molar-refractivity contribution is 5.81. The summed E-state index contributed by atoms with van der Waals surface area (Å²) in [7, 11) is 1.95. The van der Waals surface area contributed by atoms with Gasteiger partial charge in [0.1, 0.15) is 0 Å². The van der Waals surface area contributed by atoms with Gasteiger partial charge in [0, 0.05) is 18.8 Å². The number of anilines is 2. The van der Waals surface area contributed by atoms with Crippen molar-refractivity contribution in [3.05, 3.63) is 28.6 Å². The largest absolute Gasteiger partial charge is 0.399 e. The quantitative estimate of drug-likeness (QED) is 0.826. The van der Waals surface area contributed by atoms with E-state index in [0.29, 0.717) is 28.6 Å². The van der Waals surface area contributed by atoms with Crippen molar-refractivity contribution in [1.29, 1.82) is 0 Å². The first-order valence-electron chi connectivity index (χ1n) is 6.55. The van der Waals surface area contributed by atoms with Gasteiger partial charge < -0.3 is 10.6 Å². The molecule has 1 aromatic heterocycles. The number of nitrogens with zero attached hydrogens (tertiary/aromatic N) is 2. The van der Waals surface area contributed by atoms with Crippen LogP contribution in [0.5, 0.6) is 0 Å². The summed E-state index contributed by atoms with van der Waals surface area (Å²) in [5, 5.41) is 0.528. The Kier molecular flexibility index (Phi) is 3.74. The smallest absolute Gasteiger partial charge is 0.260 e. The van der Waals surface area contributed by atoms with E-state index in [0.717, 1.165) is 12.8 Å². The van der Waals surface area contributed by atoms with Crippen LogP contribution >= 0.6 is 0 Å². The van der Waals surface area contributed by atoms with E-state index in [1.807, 2.05) is 11.9 Å². The first-order chi connectivity index (χ1) is 9.02. The van der Waals surface area contributed by atoms with Crippen LogP contribution in [0, 0.1) is 0 Å². The van der Waals surface area contributed by atoms with Crippen molar-refractivity contribution in [2.45, 2.75) is 32.7 Å². The van der Waals surface area contributed by atoms with Gasteiger partial charge >= 0.3 is 0 Å². The van der Waals surface area contributed by atoms with Gasteiger partial charge in [-0.3, -0.25) is 9.78 Å². The number of H-pyrrole nitrogens is 1. The Hall–Kier alpha value is -2.04. The molecule has 0 aliphatic rings. The summed E-state index contributed by atoms with van der Waals surface area (Å²) in [6, 6.07) is 5.52. The lowest BCUT2D eigenvalue weighted by molar-refractivity contribution is 0.605. The predicted octanol–water partition coefficient (Wildman–Crippen LogP) is 2.13. The minimum atomic E-state index is -0.150. The molecule has 1 unspecified atom stereocenters. The Morgan fingerprint density at radius 2 is 2.21 bits per heavy atom. The van der Waals surface area contributed by atoms with Crippen LogP contribution in [0.2, 0.25) is 0 Å². The summed E-state index contributed by atoms with van der Waals surface area (Å²) >= 11 is 0. The molecule has 1 atom stereocenters. The molecule has 1 heterocycles. The Morgan fingerprint density at radius 1 is 1.47 bits per heavy atom. The van der Waals surface area contributed by atoms with E-state index in [4.69, 9.17) is 5.73 Å². The second-order valence-electron chi connectivity index (χ2n) is 4.91. The maximum Gasteiger partial charge on any atom is 0.260 e. The van der Waals surface area contributed by atoms with Gasteiger partial charge in [-0.2, -0.15) is 0 Å². The number of aromatic amines is 1. The Balaban J connectivity index is 2.46. The third kappa shape index (κ3) is 2.70. The van der Waals surface area contributed by atoms with E-state index in [1.54, 1.807) is 18.2 Å². The molecule has 3 N–H and O–H groups in total. The molecule has 2 rings (SSSR count). The molecular formula is C14H20N4O. The first-order valence-corrected chi connectivity index (χ1v) is 6.55. The second-order valence-corrected chi connectivity index (χ2v) is 4.91. The zero-order chi connectivity index (χ0) is 14.0. The lowest BCUT2D eigenvalue weighted by Crippen LogP contribution is -2.31. The fourth-order valence-electron chi connectivity index (χ4n) is 2.13. The topological polar surface area (TPSA) is 75.0 Å². The number of nitrogen functional groups attached to an aromatic ring is 1. The van der Waals surface area contributed by atoms with Gasteiger partial charge in [-0.1, -0.05) is 13.3 Å². The summed E-state index contributed by atoms with van der Waals surface area (Å²) in [4.78, 5) is 21.4. The molecule has 102 valence electrons. The van der Waals surface area contributed by atoms with Crippen LogP contribution in [0.1, 0.15) is 26.7 Å². The van der Waals surface area contributed by atoms with Gasteiger partial charge in [-0.25, -0.2) is 4.98 Å². The zero-order valence-corrected chi connectivity index (χ0v) is 11.6. The van der Waals surface area contributed by atoms with Gasteiger partial charge in [-0.05, 0) is 31.5 Å². The summed E-state index contributed by atoms with van der Waals surface area (Å²) in [5.74, 6) is 0.600. The molecule has 0 aliphatic heterocycles. The lowest BCUT2D eigenvalue weighted by Gasteiger charge is -2.25. The molecule has 0 amide bonds. The number of hydrogen-bond donors (Lipinski definition) is 2. The van der Waals surface area contributed by atoms with E-state index < -0.39 is 0 Å². The van der Waals surface area contributed by atoms with Crippen LogP contribution in [-0.2, 0) is 0 Å². The van der Waals surface area contributed by atoms with Gasteiger partial charge in [0.2, 0.25) is 5.95 Å². The second kappa shape index (κ2) is 5.30. The van der Waals surface area contributed by atoms with Crippen LogP contribution in [0.3, 0.4) is 0 Å². The SMILES string of the molecule is CCCC(C)N(C)c1nc2ccc(N)cc2c(=O)[nH]1. The fourth-order valence-corrected chi connectivity index (χ4v) is 2.13. The van der Waals surface area contributed by atoms with E-state index in [-0.39, 0.29) is 5.56 Å². The molecule has 0 bridgehead atoms. The van der Waals surface area contributed by atoms with Gasteiger partial charge in [0.05, 0.1) is 10.9 Å². The van der Waals surface area contributed by atoms with Gasteiger partial charge in [0.15, 0.2) is 0 Å². The van der Waals surface area contributed by atoms with Crippen molar-refractivity contribution >= 4 is 22.5 Å². The maximum atomic E-state index is 12.1. The zero-order valence-electron chi connectivity index (χ0n) is 11.6.